The lowest BCUT2D eigenvalue weighted by Gasteiger charge is -2.15. The Morgan fingerprint density at radius 3 is 2.50 bits per heavy atom. The molecule has 0 heterocycles. The predicted octanol–water partition coefficient (Wildman–Crippen LogP) is 3.82. The molecule has 4 nitrogen and oxygen atoms in total. The molecule has 24 heavy (non-hydrogen) atoms. The fraction of sp³-hybridized carbons (Fsp3) is 0.368. The van der Waals surface area contributed by atoms with Crippen molar-refractivity contribution < 1.29 is 14.6 Å². The highest BCUT2D eigenvalue weighted by Gasteiger charge is 2.11. The normalized spacial score (nSPS) is 12.0. The van der Waals surface area contributed by atoms with E-state index in [-0.39, 0.29) is 6.10 Å². The average molecular weight is 394 g/mol. The first kappa shape index (κ1) is 18.8. The number of benzene rings is 2. The summed E-state index contributed by atoms with van der Waals surface area (Å²) < 4.78 is 12.3. The van der Waals surface area contributed by atoms with Crippen molar-refractivity contribution in [2.45, 2.75) is 33.1 Å². The van der Waals surface area contributed by atoms with Gasteiger partial charge in [0.15, 0.2) is 11.5 Å². The molecule has 0 aromatic heterocycles. The van der Waals surface area contributed by atoms with E-state index in [1.165, 1.54) is 5.56 Å². The Morgan fingerprint density at radius 1 is 1.17 bits per heavy atom. The van der Waals surface area contributed by atoms with E-state index in [1.807, 2.05) is 12.1 Å². The average Bonchev–Trinajstić information content (AvgIpc) is 2.55. The fourth-order valence-electron chi connectivity index (χ4n) is 2.25. The van der Waals surface area contributed by atoms with Crippen LogP contribution in [0, 0.1) is 6.92 Å². The van der Waals surface area contributed by atoms with Gasteiger partial charge in [0.2, 0.25) is 0 Å². The topological polar surface area (TPSA) is 50.7 Å². The monoisotopic (exact) mass is 393 g/mol. The van der Waals surface area contributed by atoms with Gasteiger partial charge in [0.25, 0.3) is 0 Å². The Labute approximate surface area is 151 Å². The first-order valence-electron chi connectivity index (χ1n) is 7.93. The maximum absolute atomic E-state index is 9.32. The van der Waals surface area contributed by atoms with E-state index in [2.05, 4.69) is 52.4 Å². The zero-order valence-electron chi connectivity index (χ0n) is 14.3. The summed E-state index contributed by atoms with van der Waals surface area (Å²) in [6.07, 6.45) is -0.372. The Bertz CT molecular complexity index is 656. The van der Waals surface area contributed by atoms with Crippen molar-refractivity contribution in [1.29, 1.82) is 0 Å². The van der Waals surface area contributed by atoms with Crippen LogP contribution in [0.3, 0.4) is 0 Å². The number of hydrogen-bond acceptors (Lipinski definition) is 4. The first-order chi connectivity index (χ1) is 11.5. The van der Waals surface area contributed by atoms with Gasteiger partial charge in [-0.15, -0.1) is 0 Å². The molecular formula is C19H24BrNO3. The lowest BCUT2D eigenvalue weighted by Crippen LogP contribution is -2.24. The van der Waals surface area contributed by atoms with Gasteiger partial charge in [0.1, 0.15) is 6.61 Å². The van der Waals surface area contributed by atoms with E-state index in [9.17, 15) is 5.11 Å². The van der Waals surface area contributed by atoms with Gasteiger partial charge in [-0.05, 0) is 37.1 Å². The van der Waals surface area contributed by atoms with Gasteiger partial charge in [-0.1, -0.05) is 45.8 Å². The second-order valence-electron chi connectivity index (χ2n) is 5.85. The summed E-state index contributed by atoms with van der Waals surface area (Å²) in [4.78, 5) is 0. The number of halogens is 1. The molecule has 1 atom stereocenters. The maximum atomic E-state index is 9.32. The number of methoxy groups -OCH3 is 1. The van der Waals surface area contributed by atoms with Gasteiger partial charge in [-0.3, -0.25) is 0 Å². The van der Waals surface area contributed by atoms with Gasteiger partial charge >= 0.3 is 0 Å². The minimum absolute atomic E-state index is 0.372. The molecule has 0 saturated carbocycles. The van der Waals surface area contributed by atoms with Crippen molar-refractivity contribution in [3.8, 4) is 11.5 Å². The van der Waals surface area contributed by atoms with Crippen molar-refractivity contribution in [3.05, 3.63) is 57.6 Å². The summed E-state index contributed by atoms with van der Waals surface area (Å²) in [7, 11) is 1.63. The number of hydrogen-bond donors (Lipinski definition) is 2. The number of nitrogens with one attached hydrogen (secondary N) is 1. The highest BCUT2D eigenvalue weighted by Crippen LogP contribution is 2.34. The van der Waals surface area contributed by atoms with Crippen LogP contribution in [0.5, 0.6) is 11.5 Å². The number of aliphatic hydroxyl groups excluding tert-OH is 1. The van der Waals surface area contributed by atoms with Crippen LogP contribution < -0.4 is 14.8 Å². The Balaban J connectivity index is 2.06. The molecule has 0 aliphatic heterocycles. The predicted molar refractivity (Wildman–Crippen MR) is 99.6 cm³/mol. The van der Waals surface area contributed by atoms with Gasteiger partial charge in [-0.2, -0.15) is 0 Å². The van der Waals surface area contributed by atoms with Gasteiger partial charge in [-0.25, -0.2) is 0 Å². The highest BCUT2D eigenvalue weighted by molar-refractivity contribution is 9.10. The second-order valence-corrected chi connectivity index (χ2v) is 6.70. The zero-order valence-corrected chi connectivity index (χ0v) is 15.9. The molecule has 130 valence electrons. The molecule has 0 spiro atoms. The van der Waals surface area contributed by atoms with Crippen LogP contribution in [-0.2, 0) is 13.2 Å². The molecule has 5 heteroatoms. The molecule has 2 aromatic rings. The standard InChI is InChI=1S/C19H24BrNO3/c1-13-4-6-15(7-5-13)12-24-19-9-17(20)16(8-18(19)23-3)11-21-10-14(2)22/h4-9,14,21-22H,10-12H2,1-3H3. The summed E-state index contributed by atoms with van der Waals surface area (Å²) in [6, 6.07) is 12.1. The van der Waals surface area contributed by atoms with Crippen LogP contribution in [0.2, 0.25) is 0 Å². The first-order valence-corrected chi connectivity index (χ1v) is 8.72. The summed E-state index contributed by atoms with van der Waals surface area (Å²) >= 11 is 3.58. The largest absolute Gasteiger partial charge is 0.493 e. The van der Waals surface area contributed by atoms with Crippen molar-refractivity contribution >= 4 is 15.9 Å². The molecule has 0 aliphatic carbocycles. The Kier molecular flexibility index (Phi) is 7.09. The van der Waals surface area contributed by atoms with Crippen LogP contribution in [0.4, 0.5) is 0 Å². The smallest absolute Gasteiger partial charge is 0.162 e. The van der Waals surface area contributed by atoms with Gasteiger partial charge < -0.3 is 19.9 Å². The molecule has 2 N–H and O–H groups in total. The van der Waals surface area contributed by atoms with Crippen LogP contribution in [0.15, 0.2) is 40.9 Å². The Morgan fingerprint density at radius 2 is 1.88 bits per heavy atom. The second kappa shape index (κ2) is 9.06. The molecule has 0 radical (unpaired) electrons. The van der Waals surface area contributed by atoms with Gasteiger partial charge in [0.05, 0.1) is 13.2 Å². The summed E-state index contributed by atoms with van der Waals surface area (Å²) in [5, 5.41) is 12.5. The third kappa shape index (κ3) is 5.51. The summed E-state index contributed by atoms with van der Waals surface area (Å²) in [6.45, 7) is 5.49. The lowest BCUT2D eigenvalue weighted by atomic mass is 10.1. The molecule has 0 saturated heterocycles. The van der Waals surface area contributed by atoms with E-state index in [4.69, 9.17) is 9.47 Å². The lowest BCUT2D eigenvalue weighted by molar-refractivity contribution is 0.191. The fourth-order valence-corrected chi connectivity index (χ4v) is 2.71. The van der Waals surface area contributed by atoms with Crippen LogP contribution in [0.25, 0.3) is 0 Å². The minimum Gasteiger partial charge on any atom is -0.493 e. The quantitative estimate of drug-likeness (QED) is 0.715. The van der Waals surface area contributed by atoms with Crippen molar-refractivity contribution in [1.82, 2.24) is 5.32 Å². The highest BCUT2D eigenvalue weighted by atomic mass is 79.9. The molecule has 0 aliphatic rings. The maximum Gasteiger partial charge on any atom is 0.162 e. The number of aliphatic hydroxyl groups is 1. The molecular weight excluding hydrogens is 370 g/mol. The number of rotatable bonds is 8. The van der Waals surface area contributed by atoms with Crippen molar-refractivity contribution in [2.75, 3.05) is 13.7 Å². The molecule has 0 bridgehead atoms. The van der Waals surface area contributed by atoms with E-state index in [1.54, 1.807) is 14.0 Å². The van der Waals surface area contributed by atoms with Crippen LogP contribution in [0.1, 0.15) is 23.6 Å². The third-order valence-electron chi connectivity index (χ3n) is 3.60. The van der Waals surface area contributed by atoms with E-state index < -0.39 is 0 Å². The summed E-state index contributed by atoms with van der Waals surface area (Å²) in [5.41, 5.74) is 3.39. The van der Waals surface area contributed by atoms with Gasteiger partial charge in [0, 0.05) is 17.6 Å². The number of ether oxygens (including phenoxy) is 2. The van der Waals surface area contributed by atoms with Crippen molar-refractivity contribution in [3.63, 3.8) is 0 Å². The Hall–Kier alpha value is -1.56. The van der Waals surface area contributed by atoms with Crippen LogP contribution >= 0.6 is 15.9 Å². The molecule has 0 fully saturated rings. The van der Waals surface area contributed by atoms with Crippen molar-refractivity contribution in [2.24, 2.45) is 0 Å². The zero-order chi connectivity index (χ0) is 17.5. The minimum atomic E-state index is -0.372. The molecule has 2 rings (SSSR count). The van der Waals surface area contributed by atoms with E-state index >= 15 is 0 Å². The van der Waals surface area contributed by atoms with E-state index in [0.717, 1.165) is 15.6 Å². The van der Waals surface area contributed by atoms with E-state index in [0.29, 0.717) is 31.2 Å². The molecule has 1 unspecified atom stereocenters. The SMILES string of the molecule is COc1cc(CNCC(C)O)c(Br)cc1OCc1ccc(C)cc1. The summed E-state index contributed by atoms with van der Waals surface area (Å²) in [5.74, 6) is 1.39. The molecule has 2 aromatic carbocycles. The van der Waals surface area contributed by atoms with Crippen LogP contribution in [-0.4, -0.2) is 24.9 Å². The molecule has 0 amide bonds. The number of aryl methyl sites for hydroxylation is 1. The third-order valence-corrected chi connectivity index (χ3v) is 4.34.